The van der Waals surface area contributed by atoms with Crippen LogP contribution in [-0.2, 0) is 26.4 Å². The zero-order valence-electron chi connectivity index (χ0n) is 11.6. The van der Waals surface area contributed by atoms with Gasteiger partial charge in [-0.25, -0.2) is 13.2 Å². The van der Waals surface area contributed by atoms with E-state index < -0.39 is 21.2 Å². The van der Waals surface area contributed by atoms with Crippen molar-refractivity contribution in [1.82, 2.24) is 0 Å². The van der Waals surface area contributed by atoms with Crippen LogP contribution in [0.1, 0.15) is 42.3 Å². The Morgan fingerprint density at radius 2 is 2.00 bits per heavy atom. The van der Waals surface area contributed by atoms with Gasteiger partial charge in [0.25, 0.3) is 0 Å². The molecule has 1 aliphatic rings. The first-order chi connectivity index (χ1) is 8.73. The molecular weight excluding hydrogens is 264 g/mol. The number of carbonyl (C=O) groups excluding carboxylic acids is 1. The van der Waals surface area contributed by atoms with E-state index in [1.807, 2.05) is 26.8 Å². The van der Waals surface area contributed by atoms with E-state index in [-0.39, 0.29) is 10.6 Å². The molecule has 0 N–H and O–H groups in total. The second-order valence-corrected chi connectivity index (χ2v) is 7.45. The summed E-state index contributed by atoms with van der Waals surface area (Å²) in [6.45, 7) is 5.76. The Morgan fingerprint density at radius 3 is 2.53 bits per heavy atom. The van der Waals surface area contributed by atoms with Crippen molar-refractivity contribution in [1.29, 1.82) is 0 Å². The smallest absolute Gasteiger partial charge is 0.338 e. The SMILES string of the molecule is CCc1cc2c(cc1C(=O)OC)S(=O)(=O)CC2(C)C. The zero-order valence-corrected chi connectivity index (χ0v) is 12.4. The van der Waals surface area contributed by atoms with Crippen molar-refractivity contribution < 1.29 is 17.9 Å². The van der Waals surface area contributed by atoms with Crippen molar-refractivity contribution in [2.45, 2.75) is 37.5 Å². The van der Waals surface area contributed by atoms with E-state index in [0.29, 0.717) is 12.0 Å². The molecule has 5 heteroatoms. The van der Waals surface area contributed by atoms with Crippen LogP contribution in [0.25, 0.3) is 0 Å². The van der Waals surface area contributed by atoms with Crippen LogP contribution in [-0.4, -0.2) is 27.2 Å². The van der Waals surface area contributed by atoms with Crippen molar-refractivity contribution in [2.75, 3.05) is 12.9 Å². The Labute approximate surface area is 113 Å². The molecule has 0 aliphatic carbocycles. The molecule has 0 spiro atoms. The Hall–Kier alpha value is -1.36. The van der Waals surface area contributed by atoms with Crippen LogP contribution in [0.3, 0.4) is 0 Å². The number of hydrogen-bond acceptors (Lipinski definition) is 4. The Bertz CT molecular complexity index is 642. The van der Waals surface area contributed by atoms with Crippen molar-refractivity contribution >= 4 is 15.8 Å². The molecule has 1 aliphatic heterocycles. The average molecular weight is 282 g/mol. The monoisotopic (exact) mass is 282 g/mol. The van der Waals surface area contributed by atoms with Gasteiger partial charge in [-0.2, -0.15) is 0 Å². The number of aryl methyl sites for hydroxylation is 1. The Morgan fingerprint density at radius 1 is 1.37 bits per heavy atom. The molecule has 4 nitrogen and oxygen atoms in total. The lowest BCUT2D eigenvalue weighted by Crippen LogP contribution is -2.19. The van der Waals surface area contributed by atoms with E-state index in [4.69, 9.17) is 4.74 Å². The van der Waals surface area contributed by atoms with Gasteiger partial charge in [0.05, 0.1) is 23.3 Å². The predicted octanol–water partition coefficient (Wildman–Crippen LogP) is 2.10. The third kappa shape index (κ3) is 2.16. The number of esters is 1. The van der Waals surface area contributed by atoms with Crippen LogP contribution in [0.4, 0.5) is 0 Å². The maximum Gasteiger partial charge on any atom is 0.338 e. The Balaban J connectivity index is 2.76. The number of benzene rings is 1. The molecule has 1 aromatic rings. The molecule has 0 bridgehead atoms. The van der Waals surface area contributed by atoms with Gasteiger partial charge >= 0.3 is 5.97 Å². The fraction of sp³-hybridized carbons (Fsp3) is 0.500. The first-order valence-electron chi connectivity index (χ1n) is 6.21. The second kappa shape index (κ2) is 4.34. The lowest BCUT2D eigenvalue weighted by Gasteiger charge is -2.18. The molecule has 0 atom stereocenters. The van der Waals surface area contributed by atoms with Gasteiger partial charge in [0.1, 0.15) is 0 Å². The molecule has 0 aromatic heterocycles. The molecule has 0 amide bonds. The number of rotatable bonds is 2. The van der Waals surface area contributed by atoms with E-state index >= 15 is 0 Å². The van der Waals surface area contributed by atoms with Crippen molar-refractivity contribution in [3.05, 3.63) is 28.8 Å². The van der Waals surface area contributed by atoms with Crippen molar-refractivity contribution in [3.8, 4) is 0 Å². The summed E-state index contributed by atoms with van der Waals surface area (Å²) in [5.41, 5.74) is 1.57. The van der Waals surface area contributed by atoms with Gasteiger partial charge in [0.15, 0.2) is 9.84 Å². The third-order valence-electron chi connectivity index (χ3n) is 3.61. The lowest BCUT2D eigenvalue weighted by atomic mass is 9.85. The number of carbonyl (C=O) groups is 1. The molecule has 1 aromatic carbocycles. The molecule has 0 saturated heterocycles. The summed E-state index contributed by atoms with van der Waals surface area (Å²) >= 11 is 0. The molecule has 0 saturated carbocycles. The molecule has 0 fully saturated rings. The predicted molar refractivity (Wildman–Crippen MR) is 72.2 cm³/mol. The molecule has 0 unspecified atom stereocenters. The number of hydrogen-bond donors (Lipinski definition) is 0. The van der Waals surface area contributed by atoms with Crippen LogP contribution < -0.4 is 0 Å². The van der Waals surface area contributed by atoms with Gasteiger partial charge in [-0.15, -0.1) is 0 Å². The van der Waals surface area contributed by atoms with E-state index in [1.54, 1.807) is 0 Å². The molecule has 104 valence electrons. The first-order valence-corrected chi connectivity index (χ1v) is 7.86. The summed E-state index contributed by atoms with van der Waals surface area (Å²) in [7, 11) is -2.01. The largest absolute Gasteiger partial charge is 0.465 e. The van der Waals surface area contributed by atoms with Gasteiger partial charge in [-0.3, -0.25) is 0 Å². The van der Waals surface area contributed by atoms with Crippen LogP contribution >= 0.6 is 0 Å². The third-order valence-corrected chi connectivity index (χ3v) is 5.72. The maximum absolute atomic E-state index is 12.2. The second-order valence-electron chi connectivity index (χ2n) is 5.49. The summed E-state index contributed by atoms with van der Waals surface area (Å²) < 4.78 is 29.1. The fourth-order valence-electron chi connectivity index (χ4n) is 2.63. The summed E-state index contributed by atoms with van der Waals surface area (Å²) in [4.78, 5) is 12.0. The lowest BCUT2D eigenvalue weighted by molar-refractivity contribution is 0.0599. The minimum atomic E-state index is -3.31. The maximum atomic E-state index is 12.2. The quantitative estimate of drug-likeness (QED) is 0.779. The van der Waals surface area contributed by atoms with E-state index in [9.17, 15) is 13.2 Å². The topological polar surface area (TPSA) is 60.4 Å². The zero-order chi connectivity index (χ0) is 14.4. The molecule has 0 radical (unpaired) electrons. The van der Waals surface area contributed by atoms with E-state index in [1.165, 1.54) is 13.2 Å². The van der Waals surface area contributed by atoms with Gasteiger partial charge < -0.3 is 4.74 Å². The Kier molecular flexibility index (Phi) is 3.21. The number of methoxy groups -OCH3 is 1. The normalized spacial score (nSPS) is 18.9. The highest BCUT2D eigenvalue weighted by molar-refractivity contribution is 7.91. The average Bonchev–Trinajstić information content (AvgIpc) is 2.52. The molecule has 2 rings (SSSR count). The number of ether oxygens (including phenoxy) is 1. The van der Waals surface area contributed by atoms with Crippen molar-refractivity contribution in [2.24, 2.45) is 0 Å². The van der Waals surface area contributed by atoms with Crippen molar-refractivity contribution in [3.63, 3.8) is 0 Å². The fourth-order valence-corrected chi connectivity index (χ4v) is 4.86. The highest BCUT2D eigenvalue weighted by atomic mass is 32.2. The van der Waals surface area contributed by atoms with Gasteiger partial charge in [0, 0.05) is 5.41 Å². The van der Waals surface area contributed by atoms with Gasteiger partial charge in [0.2, 0.25) is 0 Å². The minimum absolute atomic E-state index is 0.0864. The first kappa shape index (κ1) is 14.1. The summed E-state index contributed by atoms with van der Waals surface area (Å²) in [6.07, 6.45) is 0.661. The highest BCUT2D eigenvalue weighted by Crippen LogP contribution is 2.41. The van der Waals surface area contributed by atoms with E-state index in [2.05, 4.69) is 0 Å². The van der Waals surface area contributed by atoms with Crippen LogP contribution in [0.5, 0.6) is 0 Å². The van der Waals surface area contributed by atoms with Gasteiger partial charge in [-0.05, 0) is 23.6 Å². The molecule has 1 heterocycles. The molecular formula is C14H18O4S. The molecule has 19 heavy (non-hydrogen) atoms. The minimum Gasteiger partial charge on any atom is -0.465 e. The highest BCUT2D eigenvalue weighted by Gasteiger charge is 2.41. The summed E-state index contributed by atoms with van der Waals surface area (Å²) in [6, 6.07) is 3.32. The van der Waals surface area contributed by atoms with Crippen LogP contribution in [0.2, 0.25) is 0 Å². The van der Waals surface area contributed by atoms with Crippen LogP contribution in [0.15, 0.2) is 17.0 Å². The van der Waals surface area contributed by atoms with E-state index in [0.717, 1.165) is 11.1 Å². The summed E-state index contributed by atoms with van der Waals surface area (Å²) in [5, 5.41) is 0. The number of sulfone groups is 1. The van der Waals surface area contributed by atoms with Gasteiger partial charge in [-0.1, -0.05) is 26.8 Å². The standard InChI is InChI=1S/C14H18O4S/c1-5-9-6-11-12(7-10(9)13(15)18-4)19(16,17)8-14(11,2)3/h6-7H,5,8H2,1-4H3. The number of fused-ring (bicyclic) bond motifs is 1. The summed E-state index contributed by atoms with van der Waals surface area (Å²) in [5.74, 6) is -0.400. The van der Waals surface area contributed by atoms with Crippen LogP contribution in [0, 0.1) is 0 Å².